The van der Waals surface area contributed by atoms with Crippen LogP contribution in [0.1, 0.15) is 33.6 Å². The topological polar surface area (TPSA) is 76.7 Å². The smallest absolute Gasteiger partial charge is 0.407 e. The van der Waals surface area contributed by atoms with Crippen LogP contribution in [0.25, 0.3) is 0 Å². The van der Waals surface area contributed by atoms with Gasteiger partial charge in [-0.05, 0) is 33.6 Å². The Balaban J connectivity index is 1.99. The molecule has 1 aliphatic rings. The third-order valence-electron chi connectivity index (χ3n) is 1.90. The molecule has 1 fully saturated rings. The van der Waals surface area contributed by atoms with E-state index in [9.17, 15) is 9.59 Å². The van der Waals surface area contributed by atoms with Crippen molar-refractivity contribution >= 4 is 12.2 Å². The summed E-state index contributed by atoms with van der Waals surface area (Å²) in [5.74, 6) is 0. The molecule has 98 valence electrons. The lowest BCUT2D eigenvalue weighted by molar-refractivity contribution is 0.0511. The molecule has 0 bridgehead atoms. The van der Waals surface area contributed by atoms with Gasteiger partial charge in [0.15, 0.2) is 0 Å². The summed E-state index contributed by atoms with van der Waals surface area (Å²) in [6.45, 7) is 5.73. The minimum atomic E-state index is -0.520. The second-order valence-electron chi connectivity index (χ2n) is 4.98. The Kier molecular flexibility index (Phi) is 4.60. The monoisotopic (exact) mass is 244 g/mol. The van der Waals surface area contributed by atoms with Crippen molar-refractivity contribution in [2.75, 3.05) is 13.2 Å². The number of nitrogens with one attached hydrogen (secondary N) is 2. The van der Waals surface area contributed by atoms with Crippen LogP contribution in [-0.2, 0) is 9.47 Å². The molecule has 6 heteroatoms. The number of rotatable bonds is 4. The number of amides is 2. The highest BCUT2D eigenvalue weighted by atomic mass is 16.6. The largest absolute Gasteiger partial charge is 0.448 e. The van der Waals surface area contributed by atoms with Crippen molar-refractivity contribution in [2.45, 2.75) is 45.3 Å². The van der Waals surface area contributed by atoms with Crippen LogP contribution in [0.3, 0.4) is 0 Å². The first-order chi connectivity index (χ1) is 7.87. The second-order valence-corrected chi connectivity index (χ2v) is 4.98. The standard InChI is InChI=1S/C11H20N2O4/c1-11(2,3)17-9(14)12-6-7-16-10(15)13-8-4-5-8/h8H,4-7H2,1-3H3,(H,12,14)(H,13,15). The van der Waals surface area contributed by atoms with Gasteiger partial charge in [0.1, 0.15) is 12.2 Å². The Morgan fingerprint density at radius 2 is 1.88 bits per heavy atom. The molecule has 1 aliphatic carbocycles. The van der Waals surface area contributed by atoms with Crippen LogP contribution in [-0.4, -0.2) is 37.0 Å². The Labute approximate surface area is 101 Å². The highest BCUT2D eigenvalue weighted by Gasteiger charge is 2.23. The molecular formula is C11H20N2O4. The van der Waals surface area contributed by atoms with Crippen molar-refractivity contribution in [2.24, 2.45) is 0 Å². The van der Waals surface area contributed by atoms with E-state index in [1.165, 1.54) is 0 Å². The van der Waals surface area contributed by atoms with Crippen molar-refractivity contribution in [3.63, 3.8) is 0 Å². The first-order valence-electron chi connectivity index (χ1n) is 5.77. The molecule has 0 radical (unpaired) electrons. The SMILES string of the molecule is CC(C)(C)OC(=O)NCCOC(=O)NC1CC1. The van der Waals surface area contributed by atoms with Crippen molar-refractivity contribution < 1.29 is 19.1 Å². The quantitative estimate of drug-likeness (QED) is 0.733. The van der Waals surface area contributed by atoms with Gasteiger partial charge in [-0.25, -0.2) is 9.59 Å². The zero-order valence-corrected chi connectivity index (χ0v) is 10.5. The number of carbonyl (C=O) groups excluding carboxylic acids is 2. The van der Waals surface area contributed by atoms with E-state index in [0.717, 1.165) is 12.8 Å². The number of hydrogen-bond donors (Lipinski definition) is 2. The minimum Gasteiger partial charge on any atom is -0.448 e. The lowest BCUT2D eigenvalue weighted by atomic mass is 10.2. The van der Waals surface area contributed by atoms with Crippen molar-refractivity contribution in [1.29, 1.82) is 0 Å². The highest BCUT2D eigenvalue weighted by molar-refractivity contribution is 5.68. The van der Waals surface area contributed by atoms with Gasteiger partial charge in [0.2, 0.25) is 0 Å². The summed E-state index contributed by atoms with van der Waals surface area (Å²) < 4.78 is 9.87. The third-order valence-corrected chi connectivity index (χ3v) is 1.90. The van der Waals surface area contributed by atoms with Gasteiger partial charge in [0.05, 0.1) is 6.54 Å². The summed E-state index contributed by atoms with van der Waals surface area (Å²) in [6.07, 6.45) is 1.10. The second kappa shape index (κ2) is 5.75. The molecule has 2 N–H and O–H groups in total. The molecule has 0 aliphatic heterocycles. The molecule has 0 atom stereocenters. The summed E-state index contributed by atoms with van der Waals surface area (Å²) in [7, 11) is 0. The Morgan fingerprint density at radius 3 is 2.41 bits per heavy atom. The first-order valence-corrected chi connectivity index (χ1v) is 5.77. The predicted octanol–water partition coefficient (Wildman–Crippen LogP) is 1.40. The maximum Gasteiger partial charge on any atom is 0.407 e. The first kappa shape index (κ1) is 13.6. The zero-order valence-electron chi connectivity index (χ0n) is 10.5. The zero-order chi connectivity index (χ0) is 12.9. The molecule has 0 aromatic rings. The minimum absolute atomic E-state index is 0.137. The van der Waals surface area contributed by atoms with Crippen LogP contribution in [0.15, 0.2) is 0 Å². The normalized spacial score (nSPS) is 15.0. The third kappa shape index (κ3) is 7.43. The molecule has 0 aromatic carbocycles. The summed E-state index contributed by atoms with van der Waals surface area (Å²) in [4.78, 5) is 22.3. The van der Waals surface area contributed by atoms with Crippen LogP contribution in [0, 0.1) is 0 Å². The summed E-state index contributed by atoms with van der Waals surface area (Å²) >= 11 is 0. The van der Waals surface area contributed by atoms with Gasteiger partial charge in [-0.15, -0.1) is 0 Å². The van der Waals surface area contributed by atoms with Gasteiger partial charge >= 0.3 is 12.2 Å². The molecular weight excluding hydrogens is 224 g/mol. The van der Waals surface area contributed by atoms with Gasteiger partial charge in [-0.2, -0.15) is 0 Å². The lowest BCUT2D eigenvalue weighted by Gasteiger charge is -2.19. The molecule has 0 unspecified atom stereocenters. The number of hydrogen-bond acceptors (Lipinski definition) is 4. The maximum absolute atomic E-state index is 11.2. The fourth-order valence-electron chi connectivity index (χ4n) is 1.05. The fourth-order valence-corrected chi connectivity index (χ4v) is 1.05. The average Bonchev–Trinajstić information content (AvgIpc) is 2.93. The predicted molar refractivity (Wildman–Crippen MR) is 61.7 cm³/mol. The van der Waals surface area contributed by atoms with E-state index in [2.05, 4.69) is 10.6 Å². The Hall–Kier alpha value is -1.46. The van der Waals surface area contributed by atoms with Gasteiger partial charge < -0.3 is 20.1 Å². The Morgan fingerprint density at radius 1 is 1.24 bits per heavy atom. The molecule has 0 saturated heterocycles. The van der Waals surface area contributed by atoms with Crippen LogP contribution in [0.2, 0.25) is 0 Å². The highest BCUT2D eigenvalue weighted by Crippen LogP contribution is 2.18. The summed E-state index contributed by atoms with van der Waals surface area (Å²) in [5, 5.41) is 5.17. The van der Waals surface area contributed by atoms with Crippen LogP contribution >= 0.6 is 0 Å². The van der Waals surface area contributed by atoms with E-state index >= 15 is 0 Å². The number of alkyl carbamates (subject to hydrolysis) is 2. The Bertz CT molecular complexity index is 282. The molecule has 0 aromatic heterocycles. The number of ether oxygens (including phenoxy) is 2. The fraction of sp³-hybridized carbons (Fsp3) is 0.818. The van der Waals surface area contributed by atoms with Crippen LogP contribution < -0.4 is 10.6 Å². The van der Waals surface area contributed by atoms with Gasteiger partial charge in [0.25, 0.3) is 0 Å². The molecule has 6 nitrogen and oxygen atoms in total. The van der Waals surface area contributed by atoms with E-state index in [-0.39, 0.29) is 19.2 Å². The maximum atomic E-state index is 11.2. The lowest BCUT2D eigenvalue weighted by Crippen LogP contribution is -2.35. The van der Waals surface area contributed by atoms with E-state index in [4.69, 9.17) is 9.47 Å². The van der Waals surface area contributed by atoms with Crippen molar-refractivity contribution in [3.05, 3.63) is 0 Å². The molecule has 2 amide bonds. The van der Waals surface area contributed by atoms with E-state index in [1.807, 2.05) is 0 Å². The molecule has 1 saturated carbocycles. The summed E-state index contributed by atoms with van der Waals surface area (Å²) in [5.41, 5.74) is -0.520. The molecule has 0 heterocycles. The van der Waals surface area contributed by atoms with Gasteiger partial charge in [0, 0.05) is 6.04 Å². The average molecular weight is 244 g/mol. The van der Waals surface area contributed by atoms with E-state index in [0.29, 0.717) is 0 Å². The number of carbonyl (C=O) groups is 2. The van der Waals surface area contributed by atoms with Gasteiger partial charge in [-0.3, -0.25) is 0 Å². The van der Waals surface area contributed by atoms with E-state index < -0.39 is 17.8 Å². The summed E-state index contributed by atoms with van der Waals surface area (Å²) in [6, 6.07) is 0.279. The van der Waals surface area contributed by atoms with Crippen molar-refractivity contribution in [1.82, 2.24) is 10.6 Å². The van der Waals surface area contributed by atoms with Gasteiger partial charge in [-0.1, -0.05) is 0 Å². The molecule has 0 spiro atoms. The molecule has 17 heavy (non-hydrogen) atoms. The van der Waals surface area contributed by atoms with Crippen molar-refractivity contribution in [3.8, 4) is 0 Å². The van der Waals surface area contributed by atoms with Crippen LogP contribution in [0.5, 0.6) is 0 Å². The van der Waals surface area contributed by atoms with E-state index in [1.54, 1.807) is 20.8 Å². The molecule has 1 rings (SSSR count). The van der Waals surface area contributed by atoms with Crippen LogP contribution in [0.4, 0.5) is 9.59 Å².